The second kappa shape index (κ2) is 6.33. The molecule has 0 bridgehead atoms. The predicted octanol–water partition coefficient (Wildman–Crippen LogP) is 3.29. The van der Waals surface area contributed by atoms with Gasteiger partial charge in [0, 0.05) is 0 Å². The molecule has 0 amide bonds. The number of hydrogen-bond acceptors (Lipinski definition) is 5. The molecule has 0 aliphatic heterocycles. The summed E-state index contributed by atoms with van der Waals surface area (Å²) >= 11 is 1.47. The van der Waals surface area contributed by atoms with Gasteiger partial charge in [-0.25, -0.2) is 0 Å². The van der Waals surface area contributed by atoms with Gasteiger partial charge in [0.25, 0.3) is 0 Å². The van der Waals surface area contributed by atoms with Crippen molar-refractivity contribution in [3.63, 3.8) is 0 Å². The molecular weight excluding hydrogens is 270 g/mol. The van der Waals surface area contributed by atoms with E-state index in [-0.39, 0.29) is 6.04 Å². The molecule has 0 saturated carbocycles. The number of ether oxygens (including phenoxy) is 1. The number of rotatable bonds is 5. The van der Waals surface area contributed by atoms with Gasteiger partial charge in [-0.1, -0.05) is 24.4 Å². The summed E-state index contributed by atoms with van der Waals surface area (Å²) in [6.07, 6.45) is 0. The number of hydrogen-bond donors (Lipinski definition) is 1. The maximum Gasteiger partial charge on any atom is 0.119 e. The molecule has 5 heteroatoms. The molecule has 1 aromatic carbocycles. The number of aromatic nitrogens is 2. The first-order chi connectivity index (χ1) is 9.58. The summed E-state index contributed by atoms with van der Waals surface area (Å²) in [5.41, 5.74) is 3.51. The van der Waals surface area contributed by atoms with E-state index in [0.29, 0.717) is 5.92 Å². The van der Waals surface area contributed by atoms with Crippen LogP contribution in [-0.4, -0.2) is 23.7 Å². The fourth-order valence-electron chi connectivity index (χ4n) is 2.33. The fourth-order valence-corrected chi connectivity index (χ4v) is 3.27. The van der Waals surface area contributed by atoms with Gasteiger partial charge in [-0.15, -0.1) is 5.10 Å². The second-order valence-electron chi connectivity index (χ2n) is 5.12. The Morgan fingerprint density at radius 1 is 1.30 bits per heavy atom. The number of benzene rings is 1. The Hall–Kier alpha value is -1.46. The molecular formula is C15H21N3OS. The van der Waals surface area contributed by atoms with Crippen LogP contribution in [0.2, 0.25) is 0 Å². The lowest BCUT2D eigenvalue weighted by Gasteiger charge is -2.19. The Morgan fingerprint density at radius 2 is 2.05 bits per heavy atom. The molecule has 1 atom stereocenters. The number of aryl methyl sites for hydroxylation is 1. The maximum absolute atomic E-state index is 5.27. The van der Waals surface area contributed by atoms with Crippen molar-refractivity contribution in [2.24, 2.45) is 0 Å². The van der Waals surface area contributed by atoms with E-state index < -0.39 is 0 Å². The van der Waals surface area contributed by atoms with E-state index in [1.807, 2.05) is 13.1 Å². The topological polar surface area (TPSA) is 47.0 Å². The minimum Gasteiger partial charge on any atom is -0.497 e. The molecule has 1 heterocycles. The zero-order valence-electron chi connectivity index (χ0n) is 12.6. The highest BCUT2D eigenvalue weighted by Crippen LogP contribution is 2.33. The van der Waals surface area contributed by atoms with Gasteiger partial charge < -0.3 is 10.1 Å². The van der Waals surface area contributed by atoms with Crippen LogP contribution >= 0.6 is 11.5 Å². The van der Waals surface area contributed by atoms with Crippen molar-refractivity contribution in [1.29, 1.82) is 0 Å². The smallest absolute Gasteiger partial charge is 0.119 e. The average molecular weight is 291 g/mol. The van der Waals surface area contributed by atoms with Crippen LogP contribution < -0.4 is 10.1 Å². The first-order valence-electron chi connectivity index (χ1n) is 6.72. The van der Waals surface area contributed by atoms with E-state index in [4.69, 9.17) is 4.74 Å². The highest BCUT2D eigenvalue weighted by molar-refractivity contribution is 7.05. The zero-order valence-corrected chi connectivity index (χ0v) is 13.4. The van der Waals surface area contributed by atoms with Gasteiger partial charge in [-0.2, -0.15) is 0 Å². The van der Waals surface area contributed by atoms with Gasteiger partial charge in [0.1, 0.15) is 5.75 Å². The van der Waals surface area contributed by atoms with Gasteiger partial charge in [0.05, 0.1) is 23.7 Å². The molecule has 2 rings (SSSR count). The third-order valence-electron chi connectivity index (χ3n) is 3.43. The molecule has 0 radical (unpaired) electrons. The van der Waals surface area contributed by atoms with Gasteiger partial charge in [-0.05, 0) is 54.7 Å². The molecule has 0 fully saturated rings. The third-order valence-corrected chi connectivity index (χ3v) is 4.23. The van der Waals surface area contributed by atoms with E-state index >= 15 is 0 Å². The van der Waals surface area contributed by atoms with Crippen molar-refractivity contribution in [2.75, 3.05) is 14.2 Å². The number of nitrogens with zero attached hydrogens (tertiary/aromatic N) is 2. The molecule has 1 aromatic heterocycles. The van der Waals surface area contributed by atoms with Crippen LogP contribution in [0, 0.1) is 6.92 Å². The number of methoxy groups -OCH3 is 1. The standard InChI is InChI=1S/C15H21N3OS/c1-9(2)13-15(20-18-17-13)14(16-4)12-7-6-11(19-5)8-10(12)3/h6-9,14,16H,1-5H3. The summed E-state index contributed by atoms with van der Waals surface area (Å²) in [4.78, 5) is 1.19. The molecule has 1 N–H and O–H groups in total. The molecule has 20 heavy (non-hydrogen) atoms. The minimum absolute atomic E-state index is 0.123. The van der Waals surface area contributed by atoms with Crippen molar-refractivity contribution in [3.8, 4) is 5.75 Å². The van der Waals surface area contributed by atoms with Crippen LogP contribution in [0.25, 0.3) is 0 Å². The Labute approximate surface area is 124 Å². The number of nitrogens with one attached hydrogen (secondary N) is 1. The molecule has 1 unspecified atom stereocenters. The summed E-state index contributed by atoms with van der Waals surface area (Å²) in [6, 6.07) is 6.29. The van der Waals surface area contributed by atoms with Crippen LogP contribution in [0.15, 0.2) is 18.2 Å². The van der Waals surface area contributed by atoms with Gasteiger partial charge in [0.15, 0.2) is 0 Å². The third kappa shape index (κ3) is 2.83. The van der Waals surface area contributed by atoms with Gasteiger partial charge >= 0.3 is 0 Å². The van der Waals surface area contributed by atoms with E-state index in [1.165, 1.54) is 27.5 Å². The summed E-state index contributed by atoms with van der Waals surface area (Å²) in [5.74, 6) is 1.26. The van der Waals surface area contributed by atoms with E-state index in [1.54, 1.807) is 7.11 Å². The van der Waals surface area contributed by atoms with Crippen LogP contribution in [0.5, 0.6) is 5.75 Å². The second-order valence-corrected chi connectivity index (χ2v) is 5.91. The highest BCUT2D eigenvalue weighted by Gasteiger charge is 2.22. The van der Waals surface area contributed by atoms with Crippen LogP contribution in [0.3, 0.4) is 0 Å². The predicted molar refractivity (Wildman–Crippen MR) is 82.6 cm³/mol. The molecule has 0 aliphatic rings. The Morgan fingerprint density at radius 3 is 2.60 bits per heavy atom. The van der Waals surface area contributed by atoms with Crippen LogP contribution in [0.1, 0.15) is 47.5 Å². The van der Waals surface area contributed by atoms with Crippen molar-refractivity contribution >= 4 is 11.5 Å². The van der Waals surface area contributed by atoms with E-state index in [0.717, 1.165) is 11.4 Å². The average Bonchev–Trinajstić information content (AvgIpc) is 2.90. The lowest BCUT2D eigenvalue weighted by atomic mass is 9.96. The summed E-state index contributed by atoms with van der Waals surface area (Å²) < 4.78 is 9.40. The van der Waals surface area contributed by atoms with Crippen molar-refractivity contribution < 1.29 is 4.74 Å². The quantitative estimate of drug-likeness (QED) is 0.918. The Bertz CT molecular complexity index is 580. The van der Waals surface area contributed by atoms with Gasteiger partial charge in [-0.3, -0.25) is 0 Å². The molecule has 0 aliphatic carbocycles. The van der Waals surface area contributed by atoms with E-state index in [2.05, 4.69) is 47.8 Å². The molecule has 0 saturated heterocycles. The Kier molecular flexibility index (Phi) is 4.73. The summed E-state index contributed by atoms with van der Waals surface area (Å²) in [7, 11) is 3.66. The zero-order chi connectivity index (χ0) is 14.7. The lowest BCUT2D eigenvalue weighted by molar-refractivity contribution is 0.414. The van der Waals surface area contributed by atoms with Crippen molar-refractivity contribution in [1.82, 2.24) is 14.9 Å². The molecule has 0 spiro atoms. The molecule has 4 nitrogen and oxygen atoms in total. The van der Waals surface area contributed by atoms with E-state index in [9.17, 15) is 0 Å². The van der Waals surface area contributed by atoms with Gasteiger partial charge in [0.2, 0.25) is 0 Å². The van der Waals surface area contributed by atoms with Crippen LogP contribution in [0.4, 0.5) is 0 Å². The monoisotopic (exact) mass is 291 g/mol. The first-order valence-corrected chi connectivity index (χ1v) is 7.49. The minimum atomic E-state index is 0.123. The lowest BCUT2D eigenvalue weighted by Crippen LogP contribution is -2.19. The SMILES string of the molecule is CNC(c1ccc(OC)cc1C)c1snnc1C(C)C. The van der Waals surface area contributed by atoms with Crippen molar-refractivity contribution in [3.05, 3.63) is 39.9 Å². The summed E-state index contributed by atoms with van der Waals surface area (Å²) in [6.45, 7) is 6.40. The first kappa shape index (κ1) is 14.9. The van der Waals surface area contributed by atoms with Crippen molar-refractivity contribution in [2.45, 2.75) is 32.7 Å². The normalized spacial score (nSPS) is 12.7. The summed E-state index contributed by atoms with van der Waals surface area (Å²) in [5, 5.41) is 7.66. The largest absolute Gasteiger partial charge is 0.497 e. The maximum atomic E-state index is 5.27. The Balaban J connectivity index is 2.44. The molecule has 108 valence electrons. The fraction of sp³-hybridized carbons (Fsp3) is 0.467. The highest BCUT2D eigenvalue weighted by atomic mass is 32.1. The molecule has 2 aromatic rings. The van der Waals surface area contributed by atoms with Crippen LogP contribution in [-0.2, 0) is 0 Å².